The van der Waals surface area contributed by atoms with Gasteiger partial charge in [0.1, 0.15) is 24.0 Å². The molecule has 0 aromatic heterocycles. The predicted molar refractivity (Wildman–Crippen MR) is 142 cm³/mol. The molecule has 1 aliphatic rings. The maximum atomic E-state index is 14.3. The number of hydrogen-bond donors (Lipinski definition) is 2. The van der Waals surface area contributed by atoms with Crippen molar-refractivity contribution in [1.82, 2.24) is 5.43 Å². The summed E-state index contributed by atoms with van der Waals surface area (Å²) >= 11 is 1.41. The molecule has 1 atom stereocenters. The summed E-state index contributed by atoms with van der Waals surface area (Å²) in [5, 5.41) is 4.71. The van der Waals surface area contributed by atoms with Crippen LogP contribution >= 0.6 is 11.8 Å². The number of hydrogen-bond acceptors (Lipinski definition) is 5. The summed E-state index contributed by atoms with van der Waals surface area (Å²) in [6, 6.07) is 15.5. The van der Waals surface area contributed by atoms with Crippen molar-refractivity contribution in [1.29, 1.82) is 0 Å². The molecular weight excluding hydrogens is 539 g/mol. The second-order valence-corrected chi connectivity index (χ2v) is 9.21. The van der Waals surface area contributed by atoms with E-state index in [1.165, 1.54) is 48.4 Å². The standard InChI is InChI=1S/C26H21F5N6OS/c1-16-14-39-25(37(16)23-21(27)3-2-4-22(23)28)36-35-13-17-5-7-18(8-6-17)24(32)34-15-33-19-9-11-20(12-10-19)38-26(29,30)31/h2-13,15-16H,14H2,1H3,(H2,32,33,34)/p+1/b35-13+. The van der Waals surface area contributed by atoms with Crippen LogP contribution in [0.2, 0.25) is 0 Å². The van der Waals surface area contributed by atoms with Crippen LogP contribution in [0.4, 0.5) is 33.3 Å². The molecule has 3 aromatic rings. The number of alkyl halides is 3. The summed E-state index contributed by atoms with van der Waals surface area (Å²) in [6.45, 7) is 1.87. The number of para-hydroxylation sites is 1. The fraction of sp³-hybridized carbons (Fsp3) is 0.154. The third-order valence-corrected chi connectivity index (χ3v) is 6.56. The smallest absolute Gasteiger partial charge is 0.406 e. The summed E-state index contributed by atoms with van der Waals surface area (Å²) in [7, 11) is 0. The Kier molecular flexibility index (Phi) is 8.59. The number of nitrogens with two attached hydrogens (primary N) is 1. The van der Waals surface area contributed by atoms with E-state index >= 15 is 0 Å². The molecule has 3 N–H and O–H groups in total. The molecule has 1 heterocycles. The minimum absolute atomic E-state index is 0.122. The first kappa shape index (κ1) is 27.8. The highest BCUT2D eigenvalue weighted by Crippen LogP contribution is 2.29. The minimum Gasteiger partial charge on any atom is -0.406 e. The maximum absolute atomic E-state index is 14.3. The van der Waals surface area contributed by atoms with Gasteiger partial charge in [-0.15, -0.1) is 18.6 Å². The zero-order valence-corrected chi connectivity index (χ0v) is 21.2. The third kappa shape index (κ3) is 7.41. The highest BCUT2D eigenvalue weighted by Gasteiger charge is 2.33. The molecule has 0 saturated carbocycles. The number of rotatable bonds is 7. The zero-order chi connectivity index (χ0) is 28.0. The molecule has 7 nitrogen and oxygen atoms in total. The third-order valence-electron chi connectivity index (χ3n) is 5.35. The number of thioether (sulfide) groups is 1. The predicted octanol–water partition coefficient (Wildman–Crippen LogP) is 5.69. The van der Waals surface area contributed by atoms with E-state index < -0.39 is 18.0 Å². The summed E-state index contributed by atoms with van der Waals surface area (Å²) in [4.78, 5) is 8.08. The van der Waals surface area contributed by atoms with Gasteiger partial charge in [-0.25, -0.2) is 23.3 Å². The van der Waals surface area contributed by atoms with Crippen molar-refractivity contribution < 1.29 is 31.3 Å². The number of benzene rings is 3. The summed E-state index contributed by atoms with van der Waals surface area (Å²) < 4.78 is 70.7. The number of ether oxygens (including phenoxy) is 1. The highest BCUT2D eigenvalue weighted by molar-refractivity contribution is 8.13. The van der Waals surface area contributed by atoms with Gasteiger partial charge >= 0.3 is 11.5 Å². The van der Waals surface area contributed by atoms with Crippen molar-refractivity contribution >= 4 is 46.7 Å². The van der Waals surface area contributed by atoms with Gasteiger partial charge in [0.25, 0.3) is 0 Å². The molecule has 0 bridgehead atoms. The average Bonchev–Trinajstić information content (AvgIpc) is 3.24. The van der Waals surface area contributed by atoms with E-state index in [1.807, 2.05) is 6.92 Å². The molecule has 39 heavy (non-hydrogen) atoms. The van der Waals surface area contributed by atoms with Gasteiger partial charge in [-0.3, -0.25) is 0 Å². The van der Waals surface area contributed by atoms with E-state index in [-0.39, 0.29) is 23.3 Å². The van der Waals surface area contributed by atoms with Crippen molar-refractivity contribution in [3.8, 4) is 5.75 Å². The molecule has 0 radical (unpaired) electrons. The SMILES string of the molecule is CC1CSC(N/N=C/c2ccc(C(N)=NC=Nc3ccc(OC(F)(F)F)cc3)cc2)=[N+]1c1c(F)cccc1F. The lowest BCUT2D eigenvalue weighted by atomic mass is 10.1. The normalized spacial score (nSPS) is 16.5. The van der Waals surface area contributed by atoms with Crippen LogP contribution < -0.4 is 15.9 Å². The van der Waals surface area contributed by atoms with Gasteiger partial charge in [0, 0.05) is 11.3 Å². The Balaban J connectivity index is 1.38. The van der Waals surface area contributed by atoms with Crippen LogP contribution in [-0.2, 0) is 0 Å². The lowest BCUT2D eigenvalue weighted by Crippen LogP contribution is -2.26. The maximum Gasteiger partial charge on any atom is 0.573 e. The first-order chi connectivity index (χ1) is 18.6. The molecular formula is C26H22F5N6OS+. The largest absolute Gasteiger partial charge is 0.573 e. The molecule has 13 heteroatoms. The fourth-order valence-electron chi connectivity index (χ4n) is 3.54. The van der Waals surface area contributed by atoms with Gasteiger partial charge in [0.05, 0.1) is 11.9 Å². The van der Waals surface area contributed by atoms with Crippen LogP contribution in [0.15, 0.2) is 81.8 Å². The Labute approximate surface area is 224 Å². The van der Waals surface area contributed by atoms with Crippen LogP contribution in [0, 0.1) is 11.6 Å². The molecule has 0 aliphatic carbocycles. The summed E-state index contributed by atoms with van der Waals surface area (Å²) in [5.74, 6) is -0.844. The average molecular weight is 562 g/mol. The lowest BCUT2D eigenvalue weighted by Gasteiger charge is -2.10. The van der Waals surface area contributed by atoms with E-state index in [4.69, 9.17) is 5.73 Å². The molecule has 1 aliphatic heterocycles. The molecule has 0 saturated heterocycles. The molecule has 0 fully saturated rings. The molecule has 1 unspecified atom stereocenters. The topological polar surface area (TPSA) is 87.4 Å². The fourth-order valence-corrected chi connectivity index (χ4v) is 4.61. The van der Waals surface area contributed by atoms with Crippen molar-refractivity contribution in [3.05, 3.63) is 89.5 Å². The Hall–Kier alpha value is -4.26. The molecule has 0 spiro atoms. The Bertz CT molecular complexity index is 1420. The molecule has 202 valence electrons. The first-order valence-electron chi connectivity index (χ1n) is 11.4. The van der Waals surface area contributed by atoms with Crippen LogP contribution in [0.5, 0.6) is 5.75 Å². The van der Waals surface area contributed by atoms with Crippen molar-refractivity contribution in [2.24, 2.45) is 20.8 Å². The van der Waals surface area contributed by atoms with Crippen molar-refractivity contribution in [3.63, 3.8) is 0 Å². The lowest BCUT2D eigenvalue weighted by molar-refractivity contribution is -0.474. The second kappa shape index (κ2) is 12.1. The molecule has 4 rings (SSSR count). The van der Waals surface area contributed by atoms with Crippen LogP contribution in [0.3, 0.4) is 0 Å². The highest BCUT2D eigenvalue weighted by atomic mass is 32.2. The van der Waals surface area contributed by atoms with E-state index in [9.17, 15) is 22.0 Å². The zero-order valence-electron chi connectivity index (χ0n) is 20.4. The van der Waals surface area contributed by atoms with Crippen LogP contribution in [0.25, 0.3) is 0 Å². The van der Waals surface area contributed by atoms with Crippen LogP contribution in [0.1, 0.15) is 18.1 Å². The number of nitrogens with one attached hydrogen (secondary N) is 1. The minimum atomic E-state index is -4.76. The van der Waals surface area contributed by atoms with Crippen LogP contribution in [-0.4, -0.2) is 46.3 Å². The van der Waals surface area contributed by atoms with E-state index in [0.29, 0.717) is 22.2 Å². The first-order valence-corrected chi connectivity index (χ1v) is 12.4. The van der Waals surface area contributed by atoms with Crippen molar-refractivity contribution in [2.75, 3.05) is 5.75 Å². The van der Waals surface area contributed by atoms with Gasteiger partial charge < -0.3 is 10.5 Å². The van der Waals surface area contributed by atoms with Crippen molar-refractivity contribution in [2.45, 2.75) is 19.3 Å². The quantitative estimate of drug-likeness (QED) is 0.128. The van der Waals surface area contributed by atoms with Gasteiger partial charge in [0.15, 0.2) is 17.3 Å². The van der Waals surface area contributed by atoms with E-state index in [1.54, 1.807) is 35.1 Å². The van der Waals surface area contributed by atoms with Gasteiger partial charge in [-0.05, 0) is 60.6 Å². The Morgan fingerprint density at radius 3 is 2.36 bits per heavy atom. The number of amidine groups is 2. The Morgan fingerprint density at radius 2 is 1.72 bits per heavy atom. The van der Waals surface area contributed by atoms with Gasteiger partial charge in [-0.1, -0.05) is 35.4 Å². The number of nitrogens with zero attached hydrogens (tertiary/aromatic N) is 4. The van der Waals surface area contributed by atoms with Gasteiger partial charge in [0.2, 0.25) is 0 Å². The van der Waals surface area contributed by atoms with E-state index in [2.05, 4.69) is 25.2 Å². The molecule has 0 amide bonds. The number of aliphatic imine (C=N–C) groups is 2. The number of hydrazone groups is 1. The second-order valence-electron chi connectivity index (χ2n) is 8.20. The Morgan fingerprint density at radius 1 is 1.05 bits per heavy atom. The monoisotopic (exact) mass is 561 g/mol. The summed E-state index contributed by atoms with van der Waals surface area (Å²) in [5.41, 5.74) is 10.4. The molecule has 3 aromatic carbocycles. The van der Waals surface area contributed by atoms with E-state index in [0.717, 1.165) is 17.7 Å². The number of halogens is 5. The van der Waals surface area contributed by atoms with Gasteiger partial charge in [-0.2, -0.15) is 0 Å². The summed E-state index contributed by atoms with van der Waals surface area (Å²) in [6.07, 6.45) is -2.02.